The van der Waals surface area contributed by atoms with E-state index >= 15 is 0 Å². The number of imide groups is 1. The van der Waals surface area contributed by atoms with Gasteiger partial charge in [0.15, 0.2) is 0 Å². The maximum atomic E-state index is 13.2. The van der Waals surface area contributed by atoms with Gasteiger partial charge in [-0.25, -0.2) is 14.7 Å². The number of ether oxygens (including phenoxy) is 2. The summed E-state index contributed by atoms with van der Waals surface area (Å²) in [6.07, 6.45) is -0.859. The van der Waals surface area contributed by atoms with Crippen molar-refractivity contribution in [2.45, 2.75) is 13.5 Å². The number of benzene rings is 3. The maximum absolute atomic E-state index is 13.2. The number of rotatable bonds is 5. The van der Waals surface area contributed by atoms with Crippen LogP contribution in [0.5, 0.6) is 5.75 Å². The Morgan fingerprint density at radius 1 is 1.03 bits per heavy atom. The Morgan fingerprint density at radius 2 is 1.76 bits per heavy atom. The Bertz CT molecular complexity index is 1300. The summed E-state index contributed by atoms with van der Waals surface area (Å²) in [5.74, 6) is -0.118. The highest BCUT2D eigenvalue weighted by molar-refractivity contribution is 7.18. The van der Waals surface area contributed by atoms with Crippen LogP contribution in [0.3, 0.4) is 0 Å². The van der Waals surface area contributed by atoms with E-state index in [1.54, 1.807) is 42.5 Å². The number of amides is 2. The fourth-order valence-electron chi connectivity index (χ4n) is 3.29. The molecule has 9 heteroatoms. The molecule has 6 nitrogen and oxygen atoms in total. The van der Waals surface area contributed by atoms with E-state index in [4.69, 9.17) is 32.7 Å². The second kappa shape index (κ2) is 9.79. The summed E-state index contributed by atoms with van der Waals surface area (Å²) in [4.78, 5) is 31.2. The number of carbonyl (C=O) groups is 2. The van der Waals surface area contributed by atoms with Crippen molar-refractivity contribution in [2.75, 3.05) is 12.0 Å². The Kier molecular flexibility index (Phi) is 6.83. The largest absolute Gasteiger partial charge is 0.486 e. The first-order valence-electron chi connectivity index (χ1n) is 9.83. The quantitative estimate of drug-likeness (QED) is 0.298. The summed E-state index contributed by atoms with van der Waals surface area (Å²) in [5, 5.41) is 1.11. The lowest BCUT2D eigenvalue weighted by molar-refractivity contribution is 0.0976. The van der Waals surface area contributed by atoms with Gasteiger partial charge in [0.2, 0.25) is 0 Å². The number of para-hydroxylation sites is 1. The van der Waals surface area contributed by atoms with Gasteiger partial charge in [-0.2, -0.15) is 0 Å². The second-order valence-corrected chi connectivity index (χ2v) is 8.95. The van der Waals surface area contributed by atoms with E-state index < -0.39 is 12.0 Å². The summed E-state index contributed by atoms with van der Waals surface area (Å²) in [6, 6.07) is 17.6. The molecular weight excluding hydrogens is 483 g/mol. The molecule has 0 atom stereocenters. The highest BCUT2D eigenvalue weighted by Crippen LogP contribution is 2.32. The highest BCUT2D eigenvalue weighted by atomic mass is 35.5. The molecule has 0 N–H and O–H groups in total. The molecule has 1 aromatic heterocycles. The van der Waals surface area contributed by atoms with Crippen LogP contribution < -0.4 is 9.64 Å². The molecule has 4 rings (SSSR count). The van der Waals surface area contributed by atoms with Crippen LogP contribution in [0.25, 0.3) is 10.2 Å². The average molecular weight is 501 g/mol. The van der Waals surface area contributed by atoms with Crippen LogP contribution in [0.15, 0.2) is 60.7 Å². The highest BCUT2D eigenvalue weighted by Gasteiger charge is 2.30. The molecule has 168 valence electrons. The molecule has 0 spiro atoms. The molecule has 2 amide bonds. The van der Waals surface area contributed by atoms with Gasteiger partial charge < -0.3 is 9.47 Å². The summed E-state index contributed by atoms with van der Waals surface area (Å²) >= 11 is 13.9. The lowest BCUT2D eigenvalue weighted by Gasteiger charge is -2.22. The molecule has 3 aromatic carbocycles. The third kappa shape index (κ3) is 4.80. The molecular formula is C24H18Cl2N2O4S. The van der Waals surface area contributed by atoms with Crippen LogP contribution in [-0.2, 0) is 11.3 Å². The number of hydrogen-bond donors (Lipinski definition) is 0. The number of aromatic nitrogens is 1. The number of thiazole rings is 1. The monoisotopic (exact) mass is 500 g/mol. The van der Waals surface area contributed by atoms with Crippen LogP contribution in [0.1, 0.15) is 20.9 Å². The van der Waals surface area contributed by atoms with Crippen LogP contribution in [-0.4, -0.2) is 24.1 Å². The van der Waals surface area contributed by atoms with Crippen LogP contribution >= 0.6 is 34.5 Å². The molecule has 4 aromatic rings. The summed E-state index contributed by atoms with van der Waals surface area (Å²) in [6.45, 7) is 2.06. The van der Waals surface area contributed by atoms with Crippen LogP contribution in [0, 0.1) is 6.92 Å². The third-order valence-electron chi connectivity index (χ3n) is 4.85. The molecule has 0 unspecified atom stereocenters. The SMILES string of the molecule is COC(=O)N(C(=O)c1c(Cl)cccc1Cl)c1ccc(OCc2nc3ccccc3s2)cc1C. The first kappa shape index (κ1) is 23.0. The number of carbonyl (C=O) groups excluding carboxylic acids is 2. The Labute approximate surface area is 204 Å². The van der Waals surface area contributed by atoms with E-state index in [1.165, 1.54) is 19.2 Å². The van der Waals surface area contributed by atoms with Crippen molar-refractivity contribution in [3.63, 3.8) is 0 Å². The Hall–Kier alpha value is -3.13. The van der Waals surface area contributed by atoms with Gasteiger partial charge in [-0.15, -0.1) is 11.3 Å². The molecule has 0 aliphatic carbocycles. The lowest BCUT2D eigenvalue weighted by Crippen LogP contribution is -2.37. The van der Waals surface area contributed by atoms with E-state index in [2.05, 4.69) is 4.98 Å². The van der Waals surface area contributed by atoms with Gasteiger partial charge in [0.25, 0.3) is 5.91 Å². The first-order valence-corrected chi connectivity index (χ1v) is 11.4. The third-order valence-corrected chi connectivity index (χ3v) is 6.49. The van der Waals surface area contributed by atoms with Crippen molar-refractivity contribution in [3.8, 4) is 5.75 Å². The van der Waals surface area contributed by atoms with E-state index in [9.17, 15) is 9.59 Å². The van der Waals surface area contributed by atoms with Gasteiger partial charge in [0, 0.05) is 0 Å². The van der Waals surface area contributed by atoms with Gasteiger partial charge in [0.1, 0.15) is 17.4 Å². The minimum Gasteiger partial charge on any atom is -0.486 e. The zero-order valence-electron chi connectivity index (χ0n) is 17.7. The number of aryl methyl sites for hydroxylation is 1. The maximum Gasteiger partial charge on any atom is 0.421 e. The summed E-state index contributed by atoms with van der Waals surface area (Å²) < 4.78 is 11.8. The normalized spacial score (nSPS) is 10.8. The zero-order valence-corrected chi connectivity index (χ0v) is 20.0. The Morgan fingerprint density at radius 3 is 2.42 bits per heavy atom. The molecule has 33 heavy (non-hydrogen) atoms. The zero-order chi connectivity index (χ0) is 23.5. The van der Waals surface area contributed by atoms with Gasteiger partial charge >= 0.3 is 6.09 Å². The fraction of sp³-hybridized carbons (Fsp3) is 0.125. The summed E-state index contributed by atoms with van der Waals surface area (Å²) in [7, 11) is 1.20. The van der Waals surface area contributed by atoms with Crippen molar-refractivity contribution in [1.29, 1.82) is 0 Å². The fourth-order valence-corrected chi connectivity index (χ4v) is 4.73. The van der Waals surface area contributed by atoms with E-state index in [0.717, 1.165) is 20.1 Å². The molecule has 0 saturated heterocycles. The van der Waals surface area contributed by atoms with Crippen molar-refractivity contribution < 1.29 is 19.1 Å². The number of fused-ring (bicyclic) bond motifs is 1. The smallest absolute Gasteiger partial charge is 0.421 e. The summed E-state index contributed by atoms with van der Waals surface area (Å²) in [5.41, 5.74) is 1.90. The average Bonchev–Trinajstić information content (AvgIpc) is 3.22. The van der Waals surface area contributed by atoms with Crippen molar-refractivity contribution in [3.05, 3.63) is 86.8 Å². The van der Waals surface area contributed by atoms with Crippen LogP contribution in [0.4, 0.5) is 10.5 Å². The number of methoxy groups -OCH3 is 1. The molecule has 0 fully saturated rings. The van der Waals surface area contributed by atoms with E-state index in [1.807, 2.05) is 24.3 Å². The number of nitrogens with zero attached hydrogens (tertiary/aromatic N) is 2. The molecule has 0 saturated carbocycles. The molecule has 1 heterocycles. The van der Waals surface area contributed by atoms with Gasteiger partial charge in [-0.05, 0) is 55.0 Å². The number of halogens is 2. The number of hydrogen-bond acceptors (Lipinski definition) is 6. The Balaban J connectivity index is 1.59. The van der Waals surface area contributed by atoms with Gasteiger partial charge in [-0.1, -0.05) is 41.4 Å². The van der Waals surface area contributed by atoms with Crippen molar-refractivity contribution in [1.82, 2.24) is 4.98 Å². The van der Waals surface area contributed by atoms with E-state index in [0.29, 0.717) is 23.6 Å². The predicted octanol–water partition coefficient (Wildman–Crippen LogP) is 6.90. The predicted molar refractivity (Wildman–Crippen MR) is 131 cm³/mol. The van der Waals surface area contributed by atoms with Crippen LogP contribution in [0.2, 0.25) is 10.0 Å². The minimum absolute atomic E-state index is 0.0156. The standard InChI is InChI=1S/C24H18Cl2N2O4S/c1-14-12-15(32-13-21-27-18-8-3-4-9-20(18)33-21)10-11-19(14)28(24(30)31-2)23(29)22-16(25)6-5-7-17(22)26/h3-12H,13H2,1-2H3. The molecule has 0 bridgehead atoms. The second-order valence-electron chi connectivity index (χ2n) is 7.02. The van der Waals surface area contributed by atoms with Crippen molar-refractivity contribution in [2.24, 2.45) is 0 Å². The minimum atomic E-state index is -0.859. The first-order chi connectivity index (χ1) is 15.9. The van der Waals surface area contributed by atoms with Crippen molar-refractivity contribution >= 4 is 62.4 Å². The molecule has 0 radical (unpaired) electrons. The van der Waals surface area contributed by atoms with Gasteiger partial charge in [0.05, 0.1) is 38.6 Å². The lowest BCUT2D eigenvalue weighted by atomic mass is 10.1. The topological polar surface area (TPSA) is 68.7 Å². The molecule has 0 aliphatic heterocycles. The number of anilines is 1. The van der Waals surface area contributed by atoms with Gasteiger partial charge in [-0.3, -0.25) is 4.79 Å². The molecule has 0 aliphatic rings. The van der Waals surface area contributed by atoms with E-state index in [-0.39, 0.29) is 15.6 Å².